The maximum Gasteiger partial charge on any atom is 0.121 e. The van der Waals surface area contributed by atoms with Crippen LogP contribution in [0.4, 0.5) is 5.69 Å². The first-order valence-corrected chi connectivity index (χ1v) is 6.34. The molecule has 94 valence electrons. The highest BCUT2D eigenvalue weighted by Gasteiger charge is 2.14. The lowest BCUT2D eigenvalue weighted by molar-refractivity contribution is 0.162. The molecule has 1 aliphatic heterocycles. The minimum absolute atomic E-state index is 0.310. The molecule has 1 fully saturated rings. The highest BCUT2D eigenvalue weighted by atomic mass is 16.5. The lowest BCUT2D eigenvalue weighted by Crippen LogP contribution is -2.34. The van der Waals surface area contributed by atoms with Gasteiger partial charge in [0, 0.05) is 23.3 Å². The summed E-state index contributed by atoms with van der Waals surface area (Å²) in [6, 6.07) is 7.74. The fourth-order valence-corrected chi connectivity index (χ4v) is 2.33. The maximum absolute atomic E-state index is 5.98. The number of ether oxygens (including phenoxy) is 1. The fourth-order valence-electron chi connectivity index (χ4n) is 2.33. The van der Waals surface area contributed by atoms with Crippen LogP contribution in [0.5, 0.6) is 5.75 Å². The Hall–Kier alpha value is -1.81. The third kappa shape index (κ3) is 2.24. The third-order valence-corrected chi connectivity index (χ3v) is 3.34. The van der Waals surface area contributed by atoms with Gasteiger partial charge in [-0.05, 0) is 44.1 Å². The zero-order valence-corrected chi connectivity index (χ0v) is 10.2. The quantitative estimate of drug-likeness (QED) is 0.846. The van der Waals surface area contributed by atoms with E-state index in [1.165, 1.54) is 0 Å². The van der Waals surface area contributed by atoms with E-state index in [0.29, 0.717) is 6.10 Å². The maximum atomic E-state index is 5.98. The van der Waals surface area contributed by atoms with Crippen LogP contribution in [0.1, 0.15) is 12.8 Å². The van der Waals surface area contributed by atoms with Gasteiger partial charge in [-0.2, -0.15) is 0 Å². The average Bonchev–Trinajstić information content (AvgIpc) is 2.40. The number of nitrogen functional groups attached to an aromatic ring is 1. The van der Waals surface area contributed by atoms with Gasteiger partial charge in [-0.1, -0.05) is 0 Å². The van der Waals surface area contributed by atoms with Crippen molar-refractivity contribution in [3.05, 3.63) is 30.5 Å². The summed E-state index contributed by atoms with van der Waals surface area (Å²) < 4.78 is 5.98. The Morgan fingerprint density at radius 3 is 2.89 bits per heavy atom. The summed E-state index contributed by atoms with van der Waals surface area (Å²) in [5.74, 6) is 0.882. The fraction of sp³-hybridized carbons (Fsp3) is 0.357. The lowest BCUT2D eigenvalue weighted by Gasteiger charge is -2.23. The van der Waals surface area contributed by atoms with Gasteiger partial charge >= 0.3 is 0 Å². The van der Waals surface area contributed by atoms with E-state index in [-0.39, 0.29) is 0 Å². The van der Waals surface area contributed by atoms with E-state index in [1.807, 2.05) is 24.3 Å². The Kier molecular flexibility index (Phi) is 3.02. The van der Waals surface area contributed by atoms with Gasteiger partial charge < -0.3 is 15.8 Å². The summed E-state index contributed by atoms with van der Waals surface area (Å²) in [6.07, 6.45) is 4.15. The predicted molar refractivity (Wildman–Crippen MR) is 72.7 cm³/mol. The normalized spacial score (nSPS) is 16.9. The highest BCUT2D eigenvalue weighted by molar-refractivity contribution is 5.90. The van der Waals surface area contributed by atoms with Crippen LogP contribution in [0.2, 0.25) is 0 Å². The molecule has 3 rings (SSSR count). The summed E-state index contributed by atoms with van der Waals surface area (Å²) in [7, 11) is 0. The van der Waals surface area contributed by atoms with E-state index in [4.69, 9.17) is 10.5 Å². The van der Waals surface area contributed by atoms with Crippen molar-refractivity contribution in [1.29, 1.82) is 0 Å². The summed E-state index contributed by atoms with van der Waals surface area (Å²) in [4.78, 5) is 4.32. The molecule has 0 bridgehead atoms. The van der Waals surface area contributed by atoms with Crippen molar-refractivity contribution in [1.82, 2.24) is 10.3 Å². The number of hydrogen-bond acceptors (Lipinski definition) is 4. The van der Waals surface area contributed by atoms with Gasteiger partial charge in [-0.25, -0.2) is 0 Å². The summed E-state index contributed by atoms with van der Waals surface area (Å²) >= 11 is 0. The second kappa shape index (κ2) is 4.82. The summed E-state index contributed by atoms with van der Waals surface area (Å²) in [6.45, 7) is 2.06. The molecule has 3 N–H and O–H groups in total. The number of aromatic nitrogens is 1. The van der Waals surface area contributed by atoms with Crippen LogP contribution < -0.4 is 15.8 Å². The highest BCUT2D eigenvalue weighted by Crippen LogP contribution is 2.25. The van der Waals surface area contributed by atoms with Gasteiger partial charge in [0.05, 0.1) is 5.52 Å². The number of anilines is 1. The van der Waals surface area contributed by atoms with E-state index >= 15 is 0 Å². The van der Waals surface area contributed by atoms with Crippen molar-refractivity contribution in [2.24, 2.45) is 0 Å². The van der Waals surface area contributed by atoms with Crippen LogP contribution in [0, 0.1) is 0 Å². The zero-order valence-electron chi connectivity index (χ0n) is 10.2. The molecule has 1 saturated heterocycles. The Balaban J connectivity index is 1.84. The Bertz CT molecular complexity index is 550. The lowest BCUT2D eigenvalue weighted by atomic mass is 10.1. The SMILES string of the molecule is Nc1ccnc2cc(OC3CCNCC3)ccc12. The largest absolute Gasteiger partial charge is 0.490 e. The van der Waals surface area contributed by atoms with Crippen molar-refractivity contribution < 1.29 is 4.74 Å². The molecule has 0 aliphatic carbocycles. The first-order valence-electron chi connectivity index (χ1n) is 6.34. The predicted octanol–water partition coefficient (Wildman–Crippen LogP) is 1.95. The zero-order chi connectivity index (χ0) is 12.4. The minimum atomic E-state index is 0.310. The molecule has 4 heteroatoms. The molecular formula is C14H17N3O. The molecule has 0 spiro atoms. The van der Waals surface area contributed by atoms with Gasteiger partial charge in [-0.15, -0.1) is 0 Å². The van der Waals surface area contributed by atoms with Crippen LogP contribution >= 0.6 is 0 Å². The van der Waals surface area contributed by atoms with Crippen LogP contribution in [-0.2, 0) is 0 Å². The molecule has 2 heterocycles. The molecule has 0 amide bonds. The number of piperidine rings is 1. The van der Waals surface area contributed by atoms with Gasteiger partial charge in [0.1, 0.15) is 11.9 Å². The second-order valence-electron chi connectivity index (χ2n) is 4.65. The van der Waals surface area contributed by atoms with E-state index in [2.05, 4.69) is 10.3 Å². The monoisotopic (exact) mass is 243 g/mol. The van der Waals surface area contributed by atoms with Gasteiger partial charge in [0.2, 0.25) is 0 Å². The molecule has 2 aromatic rings. The summed E-state index contributed by atoms with van der Waals surface area (Å²) in [5, 5.41) is 4.31. The number of pyridine rings is 1. The second-order valence-corrected chi connectivity index (χ2v) is 4.65. The van der Waals surface area contributed by atoms with E-state index in [9.17, 15) is 0 Å². The molecule has 0 unspecified atom stereocenters. The molecule has 0 radical (unpaired) electrons. The number of nitrogens with zero attached hydrogens (tertiary/aromatic N) is 1. The Morgan fingerprint density at radius 2 is 2.06 bits per heavy atom. The van der Waals surface area contributed by atoms with Crippen molar-refractivity contribution >= 4 is 16.6 Å². The number of nitrogens with two attached hydrogens (primary N) is 1. The van der Waals surface area contributed by atoms with Crippen LogP contribution in [0.3, 0.4) is 0 Å². The van der Waals surface area contributed by atoms with Crippen molar-refractivity contribution in [3.8, 4) is 5.75 Å². The van der Waals surface area contributed by atoms with E-state index < -0.39 is 0 Å². The molecule has 1 aromatic carbocycles. The molecule has 1 aliphatic rings. The van der Waals surface area contributed by atoms with Crippen LogP contribution in [-0.4, -0.2) is 24.2 Å². The topological polar surface area (TPSA) is 60.2 Å². The summed E-state index contributed by atoms with van der Waals surface area (Å²) in [5.41, 5.74) is 7.55. The van der Waals surface area contributed by atoms with E-state index in [0.717, 1.165) is 48.3 Å². The average molecular weight is 243 g/mol. The van der Waals surface area contributed by atoms with Gasteiger partial charge in [-0.3, -0.25) is 4.98 Å². The molecule has 18 heavy (non-hydrogen) atoms. The molecular weight excluding hydrogens is 226 g/mol. The van der Waals surface area contributed by atoms with Gasteiger partial charge in [0.15, 0.2) is 0 Å². The minimum Gasteiger partial charge on any atom is -0.490 e. The van der Waals surface area contributed by atoms with Crippen molar-refractivity contribution in [2.75, 3.05) is 18.8 Å². The number of nitrogens with one attached hydrogen (secondary N) is 1. The van der Waals surface area contributed by atoms with Crippen molar-refractivity contribution in [2.45, 2.75) is 18.9 Å². The van der Waals surface area contributed by atoms with Crippen LogP contribution in [0.25, 0.3) is 10.9 Å². The number of rotatable bonds is 2. The number of benzene rings is 1. The first kappa shape index (κ1) is 11.3. The molecule has 1 aromatic heterocycles. The number of fused-ring (bicyclic) bond motifs is 1. The third-order valence-electron chi connectivity index (χ3n) is 3.34. The van der Waals surface area contributed by atoms with Crippen LogP contribution in [0.15, 0.2) is 30.5 Å². The van der Waals surface area contributed by atoms with Crippen molar-refractivity contribution in [3.63, 3.8) is 0 Å². The Morgan fingerprint density at radius 1 is 1.22 bits per heavy atom. The standard InChI is InChI=1S/C14H17N3O/c15-13-5-8-17-14-9-11(1-2-12(13)14)18-10-3-6-16-7-4-10/h1-2,5,8-10,16H,3-4,6-7H2,(H2,15,17). The molecule has 0 saturated carbocycles. The Labute approximate surface area is 106 Å². The number of hydrogen-bond donors (Lipinski definition) is 2. The first-order chi connectivity index (χ1) is 8.83. The molecule has 4 nitrogen and oxygen atoms in total. The van der Waals surface area contributed by atoms with E-state index in [1.54, 1.807) is 6.20 Å². The smallest absolute Gasteiger partial charge is 0.121 e. The molecule has 0 atom stereocenters. The van der Waals surface area contributed by atoms with Gasteiger partial charge in [0.25, 0.3) is 0 Å².